The maximum atomic E-state index is 4.40. The molecule has 1 aromatic rings. The second-order valence-electron chi connectivity index (χ2n) is 5.21. The lowest BCUT2D eigenvalue weighted by atomic mass is 9.96. The minimum atomic E-state index is -0.0125. The van der Waals surface area contributed by atoms with Gasteiger partial charge < -0.3 is 5.32 Å². The van der Waals surface area contributed by atoms with Crippen molar-refractivity contribution in [2.24, 2.45) is 0 Å². The summed E-state index contributed by atoms with van der Waals surface area (Å²) in [6.07, 6.45) is 2.47. The molecule has 1 unspecified atom stereocenters. The van der Waals surface area contributed by atoms with E-state index in [0.29, 0.717) is 6.04 Å². The van der Waals surface area contributed by atoms with Gasteiger partial charge in [-0.3, -0.25) is 0 Å². The van der Waals surface area contributed by atoms with Crippen molar-refractivity contribution < 1.29 is 0 Å². The molecule has 1 aliphatic heterocycles. The molecule has 1 atom stereocenters. The smallest absolute Gasteiger partial charge is 0.180 e. The zero-order valence-corrected chi connectivity index (χ0v) is 9.69. The molecule has 1 fully saturated rings. The van der Waals surface area contributed by atoms with Crippen LogP contribution in [-0.4, -0.2) is 32.8 Å². The Kier molecular flexibility index (Phi) is 2.73. The first-order valence-electron chi connectivity index (χ1n) is 5.57. The van der Waals surface area contributed by atoms with Crippen molar-refractivity contribution in [3.63, 3.8) is 0 Å². The van der Waals surface area contributed by atoms with Crippen LogP contribution in [0.3, 0.4) is 0 Å². The molecule has 0 aromatic carbocycles. The Balaban J connectivity index is 2.00. The average Bonchev–Trinajstić information content (AvgIpc) is 2.73. The van der Waals surface area contributed by atoms with Crippen molar-refractivity contribution in [2.45, 2.75) is 51.6 Å². The van der Waals surface area contributed by atoms with Gasteiger partial charge in [-0.1, -0.05) is 20.8 Å². The fraction of sp³-hybridized carbons (Fsp3) is 0.900. The SMILES string of the molecule is CC(C)(C)c1nnn(CC2CCCN2)n1. The lowest BCUT2D eigenvalue weighted by Crippen LogP contribution is -2.28. The lowest BCUT2D eigenvalue weighted by Gasteiger charge is -2.11. The highest BCUT2D eigenvalue weighted by molar-refractivity contribution is 4.96. The molecule has 5 nitrogen and oxygen atoms in total. The minimum Gasteiger partial charge on any atom is -0.312 e. The summed E-state index contributed by atoms with van der Waals surface area (Å²) in [6.45, 7) is 8.25. The van der Waals surface area contributed by atoms with Gasteiger partial charge in [-0.2, -0.15) is 4.80 Å². The van der Waals surface area contributed by atoms with E-state index in [1.165, 1.54) is 12.8 Å². The first-order valence-corrected chi connectivity index (χ1v) is 5.57. The van der Waals surface area contributed by atoms with Gasteiger partial charge in [0.05, 0.1) is 6.54 Å². The molecule has 1 aliphatic rings. The summed E-state index contributed by atoms with van der Waals surface area (Å²) in [5.41, 5.74) is -0.0125. The summed E-state index contributed by atoms with van der Waals surface area (Å²) in [5.74, 6) is 0.820. The summed E-state index contributed by atoms with van der Waals surface area (Å²) in [5, 5.41) is 16.0. The van der Waals surface area contributed by atoms with E-state index in [-0.39, 0.29) is 5.41 Å². The highest BCUT2D eigenvalue weighted by atomic mass is 15.6. The summed E-state index contributed by atoms with van der Waals surface area (Å²) in [6, 6.07) is 0.520. The molecule has 0 spiro atoms. The molecule has 15 heavy (non-hydrogen) atoms. The fourth-order valence-electron chi connectivity index (χ4n) is 1.73. The van der Waals surface area contributed by atoms with E-state index in [0.717, 1.165) is 18.9 Å². The minimum absolute atomic E-state index is 0.0125. The molecule has 1 aromatic heterocycles. The number of nitrogens with zero attached hydrogens (tertiary/aromatic N) is 4. The highest BCUT2D eigenvalue weighted by Gasteiger charge is 2.21. The number of hydrogen-bond acceptors (Lipinski definition) is 4. The maximum Gasteiger partial charge on any atom is 0.180 e. The number of aromatic nitrogens is 4. The fourth-order valence-corrected chi connectivity index (χ4v) is 1.73. The van der Waals surface area contributed by atoms with Crippen LogP contribution in [0.4, 0.5) is 0 Å². The van der Waals surface area contributed by atoms with Crippen molar-refractivity contribution in [2.75, 3.05) is 6.54 Å². The quantitative estimate of drug-likeness (QED) is 0.780. The van der Waals surface area contributed by atoms with E-state index in [2.05, 4.69) is 41.5 Å². The van der Waals surface area contributed by atoms with E-state index < -0.39 is 0 Å². The topological polar surface area (TPSA) is 55.6 Å². The monoisotopic (exact) mass is 209 g/mol. The van der Waals surface area contributed by atoms with Crippen LogP contribution in [0.1, 0.15) is 39.4 Å². The predicted molar refractivity (Wildman–Crippen MR) is 57.5 cm³/mol. The normalized spacial score (nSPS) is 22.2. The Hall–Kier alpha value is -0.970. The standard InChI is InChI=1S/C10H19N5/c1-10(2,3)9-12-14-15(13-9)7-8-5-4-6-11-8/h8,11H,4-7H2,1-3H3. The zero-order chi connectivity index (χ0) is 10.9. The van der Waals surface area contributed by atoms with Gasteiger partial charge in [-0.25, -0.2) is 0 Å². The first kappa shape index (κ1) is 10.5. The van der Waals surface area contributed by atoms with E-state index >= 15 is 0 Å². The molecule has 0 aliphatic carbocycles. The van der Waals surface area contributed by atoms with Gasteiger partial charge in [0, 0.05) is 11.5 Å². The number of tetrazole rings is 1. The molecule has 5 heteroatoms. The largest absolute Gasteiger partial charge is 0.312 e. The molecule has 1 N–H and O–H groups in total. The second kappa shape index (κ2) is 3.89. The van der Waals surface area contributed by atoms with E-state index in [4.69, 9.17) is 0 Å². The van der Waals surface area contributed by atoms with Crippen LogP contribution >= 0.6 is 0 Å². The van der Waals surface area contributed by atoms with E-state index in [1.807, 2.05) is 0 Å². The van der Waals surface area contributed by atoms with Crippen molar-refractivity contribution in [3.8, 4) is 0 Å². The zero-order valence-electron chi connectivity index (χ0n) is 9.69. The summed E-state index contributed by atoms with van der Waals surface area (Å²) < 4.78 is 0. The first-order chi connectivity index (χ1) is 7.05. The van der Waals surface area contributed by atoms with Crippen LogP contribution in [0.15, 0.2) is 0 Å². The van der Waals surface area contributed by atoms with Gasteiger partial charge in [-0.15, -0.1) is 10.2 Å². The highest BCUT2D eigenvalue weighted by Crippen LogP contribution is 2.16. The maximum absolute atomic E-state index is 4.40. The molecule has 84 valence electrons. The third kappa shape index (κ3) is 2.53. The number of rotatable bonds is 2. The second-order valence-corrected chi connectivity index (χ2v) is 5.21. The Morgan fingerprint density at radius 1 is 1.47 bits per heavy atom. The molecule has 0 saturated carbocycles. The molecular formula is C10H19N5. The van der Waals surface area contributed by atoms with E-state index in [9.17, 15) is 0 Å². The van der Waals surface area contributed by atoms with Crippen molar-refractivity contribution >= 4 is 0 Å². The van der Waals surface area contributed by atoms with Crippen LogP contribution in [0.25, 0.3) is 0 Å². The Morgan fingerprint density at radius 3 is 2.80 bits per heavy atom. The van der Waals surface area contributed by atoms with Crippen molar-refractivity contribution in [1.82, 2.24) is 25.5 Å². The molecule has 0 bridgehead atoms. The van der Waals surface area contributed by atoms with Crippen LogP contribution in [0, 0.1) is 0 Å². The molecule has 0 radical (unpaired) electrons. The van der Waals surface area contributed by atoms with Gasteiger partial charge in [-0.05, 0) is 24.6 Å². The van der Waals surface area contributed by atoms with Gasteiger partial charge in [0.1, 0.15) is 0 Å². The molecule has 2 rings (SSSR count). The van der Waals surface area contributed by atoms with Gasteiger partial charge in [0.15, 0.2) is 5.82 Å². The van der Waals surface area contributed by atoms with Gasteiger partial charge in [0.25, 0.3) is 0 Å². The molecule has 0 amide bonds. The van der Waals surface area contributed by atoms with Gasteiger partial charge in [0.2, 0.25) is 0 Å². The Bertz CT molecular complexity index is 319. The van der Waals surface area contributed by atoms with Gasteiger partial charge >= 0.3 is 0 Å². The summed E-state index contributed by atoms with van der Waals surface area (Å²) in [7, 11) is 0. The van der Waals surface area contributed by atoms with Crippen LogP contribution in [0.2, 0.25) is 0 Å². The average molecular weight is 209 g/mol. The Morgan fingerprint density at radius 2 is 2.27 bits per heavy atom. The molecule has 1 saturated heterocycles. The van der Waals surface area contributed by atoms with Crippen LogP contribution < -0.4 is 5.32 Å². The van der Waals surface area contributed by atoms with Crippen molar-refractivity contribution in [1.29, 1.82) is 0 Å². The number of nitrogens with one attached hydrogen (secondary N) is 1. The third-order valence-electron chi connectivity index (χ3n) is 2.67. The summed E-state index contributed by atoms with van der Waals surface area (Å²) >= 11 is 0. The third-order valence-corrected chi connectivity index (χ3v) is 2.67. The number of hydrogen-bond donors (Lipinski definition) is 1. The molecule has 2 heterocycles. The van der Waals surface area contributed by atoms with E-state index in [1.54, 1.807) is 4.80 Å². The van der Waals surface area contributed by atoms with Crippen molar-refractivity contribution in [3.05, 3.63) is 5.82 Å². The van der Waals surface area contributed by atoms with Crippen LogP contribution in [-0.2, 0) is 12.0 Å². The predicted octanol–water partition coefficient (Wildman–Crippen LogP) is 0.723. The Labute approximate surface area is 90.2 Å². The summed E-state index contributed by atoms with van der Waals surface area (Å²) in [4.78, 5) is 1.71. The molecular weight excluding hydrogens is 190 g/mol. The lowest BCUT2D eigenvalue weighted by molar-refractivity contribution is 0.424. The van der Waals surface area contributed by atoms with Crippen LogP contribution in [0.5, 0.6) is 0 Å².